The van der Waals surface area contributed by atoms with Crippen LogP contribution in [0, 0.1) is 11.3 Å². The van der Waals surface area contributed by atoms with E-state index in [1.807, 2.05) is 30.3 Å². The lowest BCUT2D eigenvalue weighted by Crippen LogP contribution is -2.49. The molecule has 0 bridgehead atoms. The second-order valence-corrected chi connectivity index (χ2v) is 9.41. The molecule has 0 fully saturated rings. The van der Waals surface area contributed by atoms with Crippen LogP contribution in [0.4, 0.5) is 5.69 Å². The minimum atomic E-state index is -3.72. The number of nitriles is 1. The third-order valence-electron chi connectivity index (χ3n) is 5.31. The van der Waals surface area contributed by atoms with E-state index in [-0.39, 0.29) is 37.8 Å². The number of H-pyrrole nitrogens is 1. The average Bonchev–Trinajstić information content (AvgIpc) is 3.23. The molecule has 2 heterocycles. The summed E-state index contributed by atoms with van der Waals surface area (Å²) >= 11 is 0. The zero-order chi connectivity index (χ0) is 22.0. The van der Waals surface area contributed by atoms with Gasteiger partial charge in [0.2, 0.25) is 15.9 Å². The monoisotopic (exact) mass is 471 g/mol. The number of hydrogen-bond donors (Lipinski definition) is 1. The molecular formula is C22H22ClN5O3S. The largest absolute Gasteiger partial charge is 0.347 e. The van der Waals surface area contributed by atoms with Crippen molar-refractivity contribution in [3.63, 3.8) is 0 Å². The highest BCUT2D eigenvalue weighted by Crippen LogP contribution is 2.32. The fourth-order valence-corrected chi connectivity index (χ4v) is 4.82. The van der Waals surface area contributed by atoms with Crippen molar-refractivity contribution in [2.45, 2.75) is 25.6 Å². The summed E-state index contributed by atoms with van der Waals surface area (Å²) in [6.45, 7) is 0.215. The molecule has 1 unspecified atom stereocenters. The Hall–Kier alpha value is -3.19. The first-order chi connectivity index (χ1) is 14.9. The van der Waals surface area contributed by atoms with E-state index in [0.29, 0.717) is 16.8 Å². The van der Waals surface area contributed by atoms with Crippen LogP contribution in [0.15, 0.2) is 61.1 Å². The summed E-state index contributed by atoms with van der Waals surface area (Å²) in [4.78, 5) is 22.4. The first kappa shape index (κ1) is 23.5. The molecule has 10 heteroatoms. The Kier molecular flexibility index (Phi) is 6.99. The van der Waals surface area contributed by atoms with Crippen molar-refractivity contribution in [3.05, 3.63) is 83.4 Å². The van der Waals surface area contributed by atoms with Crippen LogP contribution in [0.1, 0.15) is 22.4 Å². The number of carbonyl (C=O) groups is 1. The summed E-state index contributed by atoms with van der Waals surface area (Å²) in [5.41, 5.74) is 3.17. The van der Waals surface area contributed by atoms with Crippen LogP contribution in [-0.4, -0.2) is 40.9 Å². The van der Waals surface area contributed by atoms with Gasteiger partial charge in [0, 0.05) is 18.4 Å². The number of hydrogen-bond acceptors (Lipinski definition) is 5. The van der Waals surface area contributed by atoms with E-state index in [4.69, 9.17) is 0 Å². The Morgan fingerprint density at radius 1 is 1.22 bits per heavy atom. The second kappa shape index (κ2) is 9.53. The predicted octanol–water partition coefficient (Wildman–Crippen LogP) is 2.62. The lowest BCUT2D eigenvalue weighted by atomic mass is 10.0. The first-order valence-corrected chi connectivity index (χ1v) is 11.5. The highest BCUT2D eigenvalue weighted by atomic mass is 35.5. The van der Waals surface area contributed by atoms with Crippen LogP contribution in [0.5, 0.6) is 0 Å². The second-order valence-electron chi connectivity index (χ2n) is 7.47. The molecular weight excluding hydrogens is 450 g/mol. The maximum Gasteiger partial charge on any atom is 0.246 e. The summed E-state index contributed by atoms with van der Waals surface area (Å²) < 4.78 is 26.7. The highest BCUT2D eigenvalue weighted by Gasteiger charge is 2.39. The minimum Gasteiger partial charge on any atom is -0.347 e. The minimum absolute atomic E-state index is 0. The SMILES string of the molecule is CS(=O)(=O)N1Cc2cc(C#N)ccc2N(Cc2cnc[nH]2)C(=O)C1Cc1ccccc1.Cl. The smallest absolute Gasteiger partial charge is 0.246 e. The van der Waals surface area contributed by atoms with Gasteiger partial charge in [0.25, 0.3) is 0 Å². The Morgan fingerprint density at radius 3 is 2.59 bits per heavy atom. The topological polar surface area (TPSA) is 110 Å². The van der Waals surface area contributed by atoms with Gasteiger partial charge in [-0.3, -0.25) is 4.79 Å². The summed E-state index contributed by atoms with van der Waals surface area (Å²) in [5, 5.41) is 9.33. The molecule has 3 aromatic rings. The van der Waals surface area contributed by atoms with Crippen LogP contribution < -0.4 is 4.90 Å². The van der Waals surface area contributed by atoms with Gasteiger partial charge in [-0.15, -0.1) is 12.4 Å². The Balaban J connectivity index is 0.00000289. The molecule has 0 saturated carbocycles. The fraction of sp³-hybridized carbons (Fsp3) is 0.227. The van der Waals surface area contributed by atoms with E-state index in [1.54, 1.807) is 29.3 Å². The highest BCUT2D eigenvalue weighted by molar-refractivity contribution is 7.88. The van der Waals surface area contributed by atoms with Crippen molar-refractivity contribution in [1.29, 1.82) is 5.26 Å². The number of sulfonamides is 1. The van der Waals surface area contributed by atoms with Gasteiger partial charge in [-0.1, -0.05) is 30.3 Å². The normalized spacial score (nSPS) is 16.6. The third kappa shape index (κ3) is 4.83. The number of nitrogens with one attached hydrogen (secondary N) is 1. The molecule has 166 valence electrons. The van der Waals surface area contributed by atoms with Crippen molar-refractivity contribution in [2.75, 3.05) is 11.2 Å². The Morgan fingerprint density at radius 2 is 1.97 bits per heavy atom. The average molecular weight is 472 g/mol. The van der Waals surface area contributed by atoms with Gasteiger partial charge in [0.1, 0.15) is 6.04 Å². The number of aromatic amines is 1. The van der Waals surface area contributed by atoms with Crippen molar-refractivity contribution in [3.8, 4) is 6.07 Å². The van der Waals surface area contributed by atoms with E-state index in [2.05, 4.69) is 16.0 Å². The Bertz CT molecular complexity index is 1240. The molecule has 2 aromatic carbocycles. The van der Waals surface area contributed by atoms with E-state index < -0.39 is 16.1 Å². The van der Waals surface area contributed by atoms with Gasteiger partial charge in [0.05, 0.1) is 36.5 Å². The van der Waals surface area contributed by atoms with Gasteiger partial charge in [-0.05, 0) is 35.7 Å². The van der Waals surface area contributed by atoms with Crippen LogP contribution in [-0.2, 0) is 34.3 Å². The molecule has 4 rings (SSSR count). The number of benzene rings is 2. The number of halogens is 1. The third-order valence-corrected chi connectivity index (χ3v) is 6.54. The van der Waals surface area contributed by atoms with E-state index >= 15 is 0 Å². The van der Waals surface area contributed by atoms with Gasteiger partial charge in [-0.25, -0.2) is 13.4 Å². The quantitative estimate of drug-likeness (QED) is 0.615. The number of nitrogens with zero attached hydrogens (tertiary/aromatic N) is 4. The lowest BCUT2D eigenvalue weighted by Gasteiger charge is -2.29. The maximum absolute atomic E-state index is 13.8. The molecule has 32 heavy (non-hydrogen) atoms. The van der Waals surface area contributed by atoms with Crippen molar-refractivity contribution >= 4 is 34.0 Å². The number of amides is 1. The number of aromatic nitrogens is 2. The number of carbonyl (C=O) groups excluding carboxylic acids is 1. The molecule has 1 aromatic heterocycles. The first-order valence-electron chi connectivity index (χ1n) is 9.69. The van der Waals surface area contributed by atoms with Crippen LogP contribution in [0.3, 0.4) is 0 Å². The summed E-state index contributed by atoms with van der Waals surface area (Å²) in [5.74, 6) is -0.327. The zero-order valence-corrected chi connectivity index (χ0v) is 18.9. The number of anilines is 1. The molecule has 1 amide bonds. The number of imidazole rings is 1. The van der Waals surface area contributed by atoms with Crippen LogP contribution in [0.2, 0.25) is 0 Å². The molecule has 1 atom stereocenters. The molecule has 1 aliphatic heterocycles. The van der Waals surface area contributed by atoms with E-state index in [1.165, 1.54) is 10.6 Å². The van der Waals surface area contributed by atoms with E-state index in [9.17, 15) is 18.5 Å². The number of fused-ring (bicyclic) bond motifs is 1. The molecule has 0 aliphatic carbocycles. The summed E-state index contributed by atoms with van der Waals surface area (Å²) in [6.07, 6.45) is 4.51. The molecule has 0 saturated heterocycles. The van der Waals surface area contributed by atoms with Crippen molar-refractivity contribution < 1.29 is 13.2 Å². The molecule has 8 nitrogen and oxygen atoms in total. The van der Waals surface area contributed by atoms with Crippen molar-refractivity contribution in [1.82, 2.24) is 14.3 Å². The number of rotatable bonds is 5. The van der Waals surface area contributed by atoms with E-state index in [0.717, 1.165) is 17.5 Å². The maximum atomic E-state index is 13.8. The standard InChI is InChI=1S/C22H21N5O3S.ClH/c1-31(29,30)27-13-18-9-17(11-23)7-8-20(18)26(14-19-12-24-15-25-19)22(28)21(27)10-16-5-3-2-4-6-16;/h2-9,12,15,21H,10,13-14H2,1H3,(H,24,25);1H. The van der Waals surface area contributed by atoms with Gasteiger partial charge < -0.3 is 9.88 Å². The van der Waals surface area contributed by atoms with Gasteiger partial charge >= 0.3 is 0 Å². The van der Waals surface area contributed by atoms with Crippen LogP contribution >= 0.6 is 12.4 Å². The zero-order valence-electron chi connectivity index (χ0n) is 17.3. The summed E-state index contributed by atoms with van der Waals surface area (Å²) in [6, 6.07) is 15.5. The lowest BCUT2D eigenvalue weighted by molar-refractivity contribution is -0.122. The molecule has 1 aliphatic rings. The predicted molar refractivity (Wildman–Crippen MR) is 123 cm³/mol. The molecule has 0 spiro atoms. The summed E-state index contributed by atoms with van der Waals surface area (Å²) in [7, 11) is -3.72. The molecule has 0 radical (unpaired) electrons. The van der Waals surface area contributed by atoms with Gasteiger partial charge in [-0.2, -0.15) is 9.57 Å². The van der Waals surface area contributed by atoms with Crippen molar-refractivity contribution in [2.24, 2.45) is 0 Å². The molecule has 1 N–H and O–H groups in total. The Labute approximate surface area is 193 Å². The van der Waals surface area contributed by atoms with Crippen LogP contribution in [0.25, 0.3) is 0 Å². The van der Waals surface area contributed by atoms with Gasteiger partial charge in [0.15, 0.2) is 0 Å². The fourth-order valence-electron chi connectivity index (χ4n) is 3.82.